The fourth-order valence-electron chi connectivity index (χ4n) is 2.23. The summed E-state index contributed by atoms with van der Waals surface area (Å²) in [6.45, 7) is 4.91. The molecule has 0 bridgehead atoms. The number of ether oxygens (including phenoxy) is 1. The first-order valence-corrected chi connectivity index (χ1v) is 8.20. The van der Waals surface area contributed by atoms with E-state index in [1.807, 2.05) is 13.0 Å². The number of morpholine rings is 1. The molecule has 1 heterocycles. The van der Waals surface area contributed by atoms with Gasteiger partial charge in [-0.25, -0.2) is 8.42 Å². The first-order chi connectivity index (χ1) is 8.96. The van der Waals surface area contributed by atoms with Crippen LogP contribution in [0.15, 0.2) is 23.1 Å². The van der Waals surface area contributed by atoms with E-state index in [9.17, 15) is 8.42 Å². The van der Waals surface area contributed by atoms with Gasteiger partial charge < -0.3 is 4.74 Å². The van der Waals surface area contributed by atoms with Gasteiger partial charge in [0.05, 0.1) is 17.6 Å². The molecule has 1 aliphatic heterocycles. The van der Waals surface area contributed by atoms with Gasteiger partial charge in [0.25, 0.3) is 0 Å². The minimum atomic E-state index is -3.46. The molecule has 1 aromatic carbocycles. The van der Waals surface area contributed by atoms with Crippen molar-refractivity contribution in [2.45, 2.75) is 30.7 Å². The van der Waals surface area contributed by atoms with Crippen LogP contribution in [-0.4, -0.2) is 38.5 Å². The number of halogens is 1. The van der Waals surface area contributed by atoms with E-state index in [0.29, 0.717) is 30.5 Å². The molecule has 1 saturated heterocycles. The van der Waals surface area contributed by atoms with Gasteiger partial charge in [-0.15, -0.1) is 11.6 Å². The van der Waals surface area contributed by atoms with Gasteiger partial charge in [-0.2, -0.15) is 4.31 Å². The average Bonchev–Trinajstić information content (AvgIpc) is 2.38. The molecule has 1 unspecified atom stereocenters. The molecule has 1 fully saturated rings. The van der Waals surface area contributed by atoms with E-state index in [4.69, 9.17) is 16.3 Å². The summed E-state index contributed by atoms with van der Waals surface area (Å²) in [6.07, 6.45) is -0.0694. The number of benzene rings is 1. The number of hydrogen-bond acceptors (Lipinski definition) is 3. The van der Waals surface area contributed by atoms with Crippen LogP contribution in [0.2, 0.25) is 0 Å². The second kappa shape index (κ2) is 5.79. The summed E-state index contributed by atoms with van der Waals surface area (Å²) in [5, 5.41) is 0. The molecular weight excluding hydrogens is 286 g/mol. The predicted molar refractivity (Wildman–Crippen MR) is 74.9 cm³/mol. The highest BCUT2D eigenvalue weighted by molar-refractivity contribution is 7.89. The second-order valence-corrected chi connectivity index (χ2v) is 6.89. The molecule has 1 aliphatic rings. The Hall–Kier alpha value is -0.620. The Bertz CT molecular complexity index is 559. The first kappa shape index (κ1) is 14.8. The molecule has 0 aromatic heterocycles. The fraction of sp³-hybridized carbons (Fsp3) is 0.538. The lowest BCUT2D eigenvalue weighted by molar-refractivity contribution is 0.0102. The summed E-state index contributed by atoms with van der Waals surface area (Å²) in [6, 6.07) is 5.23. The zero-order valence-electron chi connectivity index (χ0n) is 11.1. The van der Waals surface area contributed by atoms with E-state index in [-0.39, 0.29) is 6.10 Å². The van der Waals surface area contributed by atoms with E-state index < -0.39 is 10.0 Å². The Morgan fingerprint density at radius 3 is 2.84 bits per heavy atom. The molecule has 2 rings (SSSR count). The topological polar surface area (TPSA) is 46.6 Å². The Morgan fingerprint density at radius 1 is 1.47 bits per heavy atom. The van der Waals surface area contributed by atoms with E-state index in [0.717, 1.165) is 11.1 Å². The lowest BCUT2D eigenvalue weighted by Crippen LogP contribution is -2.44. The van der Waals surface area contributed by atoms with Crippen LogP contribution in [0.1, 0.15) is 18.1 Å². The van der Waals surface area contributed by atoms with Crippen LogP contribution in [0, 0.1) is 6.92 Å². The molecule has 0 saturated carbocycles. The highest BCUT2D eigenvalue weighted by Crippen LogP contribution is 2.24. The second-order valence-electron chi connectivity index (χ2n) is 4.72. The standard InChI is InChI=1S/C13H18ClNO3S/c1-10-9-15(6-7-18-10)19(16,17)13-5-3-4-12(8-14)11(13)2/h3-5,10H,6-9H2,1-2H3. The van der Waals surface area contributed by atoms with Crippen LogP contribution in [-0.2, 0) is 20.6 Å². The number of sulfonamides is 1. The maximum atomic E-state index is 12.6. The lowest BCUT2D eigenvalue weighted by atomic mass is 10.1. The van der Waals surface area contributed by atoms with Crippen LogP contribution < -0.4 is 0 Å². The summed E-state index contributed by atoms with van der Waals surface area (Å²) in [5.41, 5.74) is 1.58. The molecule has 0 amide bonds. The maximum Gasteiger partial charge on any atom is 0.243 e. The number of nitrogens with zero attached hydrogens (tertiary/aromatic N) is 1. The van der Waals surface area contributed by atoms with Crippen molar-refractivity contribution in [3.63, 3.8) is 0 Å². The highest BCUT2D eigenvalue weighted by atomic mass is 35.5. The first-order valence-electron chi connectivity index (χ1n) is 6.23. The smallest absolute Gasteiger partial charge is 0.243 e. The van der Waals surface area contributed by atoms with Gasteiger partial charge in [-0.1, -0.05) is 12.1 Å². The zero-order valence-corrected chi connectivity index (χ0v) is 12.7. The van der Waals surface area contributed by atoms with Crippen molar-refractivity contribution < 1.29 is 13.2 Å². The molecule has 0 radical (unpaired) electrons. The molecule has 19 heavy (non-hydrogen) atoms. The Balaban J connectivity index is 2.39. The van der Waals surface area contributed by atoms with Crippen LogP contribution in [0.25, 0.3) is 0 Å². The molecule has 6 heteroatoms. The van der Waals surface area contributed by atoms with Gasteiger partial charge in [-0.05, 0) is 31.0 Å². The number of alkyl halides is 1. The molecule has 1 aromatic rings. The third-order valence-corrected chi connectivity index (χ3v) is 5.66. The van der Waals surface area contributed by atoms with Crippen LogP contribution in [0.5, 0.6) is 0 Å². The third-order valence-electron chi connectivity index (χ3n) is 3.36. The Kier molecular flexibility index (Phi) is 4.50. The molecule has 4 nitrogen and oxygen atoms in total. The van der Waals surface area contributed by atoms with Crippen molar-refractivity contribution in [1.29, 1.82) is 0 Å². The monoisotopic (exact) mass is 303 g/mol. The Labute approximate surface area is 119 Å². The van der Waals surface area contributed by atoms with Gasteiger partial charge in [0, 0.05) is 19.0 Å². The van der Waals surface area contributed by atoms with Gasteiger partial charge in [0.2, 0.25) is 10.0 Å². The number of rotatable bonds is 3. The average molecular weight is 304 g/mol. The summed E-state index contributed by atoms with van der Waals surface area (Å²) in [4.78, 5) is 0.347. The third kappa shape index (κ3) is 2.94. The molecule has 106 valence electrons. The van der Waals surface area contributed by atoms with Crippen molar-refractivity contribution in [2.75, 3.05) is 19.7 Å². The van der Waals surface area contributed by atoms with Crippen molar-refractivity contribution in [3.8, 4) is 0 Å². The van der Waals surface area contributed by atoms with Gasteiger partial charge in [-0.3, -0.25) is 0 Å². The van der Waals surface area contributed by atoms with Crippen LogP contribution >= 0.6 is 11.6 Å². The minimum Gasteiger partial charge on any atom is -0.376 e. The molecule has 0 spiro atoms. The summed E-state index contributed by atoms with van der Waals surface area (Å²) in [5.74, 6) is 0.314. The quantitative estimate of drug-likeness (QED) is 0.804. The summed E-state index contributed by atoms with van der Waals surface area (Å²) in [7, 11) is -3.46. The van der Waals surface area contributed by atoms with E-state index in [1.165, 1.54) is 4.31 Å². The summed E-state index contributed by atoms with van der Waals surface area (Å²) >= 11 is 5.83. The summed E-state index contributed by atoms with van der Waals surface area (Å²) < 4.78 is 32.2. The van der Waals surface area contributed by atoms with Crippen molar-refractivity contribution >= 4 is 21.6 Å². The van der Waals surface area contributed by atoms with E-state index >= 15 is 0 Å². The molecular formula is C13H18ClNO3S. The van der Waals surface area contributed by atoms with Gasteiger partial charge in [0.15, 0.2) is 0 Å². The van der Waals surface area contributed by atoms with E-state index in [1.54, 1.807) is 19.1 Å². The maximum absolute atomic E-state index is 12.6. The van der Waals surface area contributed by atoms with Crippen molar-refractivity contribution in [2.24, 2.45) is 0 Å². The molecule has 1 atom stereocenters. The van der Waals surface area contributed by atoms with Gasteiger partial charge >= 0.3 is 0 Å². The predicted octanol–water partition coefficient (Wildman–Crippen LogP) is 2.14. The van der Waals surface area contributed by atoms with Crippen molar-refractivity contribution in [3.05, 3.63) is 29.3 Å². The Morgan fingerprint density at radius 2 is 2.21 bits per heavy atom. The minimum absolute atomic E-state index is 0.0694. The van der Waals surface area contributed by atoms with Crippen LogP contribution in [0.3, 0.4) is 0 Å². The van der Waals surface area contributed by atoms with Crippen molar-refractivity contribution in [1.82, 2.24) is 4.31 Å². The SMILES string of the molecule is Cc1c(CCl)cccc1S(=O)(=O)N1CCOC(C)C1. The van der Waals surface area contributed by atoms with Gasteiger partial charge in [0.1, 0.15) is 0 Å². The highest BCUT2D eigenvalue weighted by Gasteiger charge is 2.30. The molecule has 0 aliphatic carbocycles. The normalized spacial score (nSPS) is 21.5. The van der Waals surface area contributed by atoms with E-state index in [2.05, 4.69) is 0 Å². The fourth-order valence-corrected chi connectivity index (χ4v) is 4.29. The lowest BCUT2D eigenvalue weighted by Gasteiger charge is -2.30. The largest absolute Gasteiger partial charge is 0.376 e. The molecule has 0 N–H and O–H groups in total. The zero-order chi connectivity index (χ0) is 14.0. The number of hydrogen-bond donors (Lipinski definition) is 0. The van der Waals surface area contributed by atoms with Crippen LogP contribution in [0.4, 0.5) is 0 Å².